The van der Waals surface area contributed by atoms with Gasteiger partial charge in [0.2, 0.25) is 0 Å². The van der Waals surface area contributed by atoms with Gasteiger partial charge in [0.05, 0.1) is 0 Å². The van der Waals surface area contributed by atoms with E-state index < -0.39 is 0 Å². The van der Waals surface area contributed by atoms with Gasteiger partial charge in [-0.2, -0.15) is 0 Å². The summed E-state index contributed by atoms with van der Waals surface area (Å²) in [5.41, 5.74) is 2.72. The van der Waals surface area contributed by atoms with Crippen molar-refractivity contribution in [2.24, 2.45) is 0 Å². The molecule has 0 aromatic carbocycles. The van der Waals surface area contributed by atoms with Crippen molar-refractivity contribution in [3.05, 3.63) is 47.8 Å². The van der Waals surface area contributed by atoms with Crippen molar-refractivity contribution in [3.63, 3.8) is 0 Å². The minimum Gasteiger partial charge on any atom is -0.367 e. The largest absolute Gasteiger partial charge is 0.367 e. The first-order valence-electron chi connectivity index (χ1n) is 9.34. The summed E-state index contributed by atoms with van der Waals surface area (Å²) >= 11 is 0. The zero-order valence-electron chi connectivity index (χ0n) is 15.8. The average molecular weight is 358 g/mol. The summed E-state index contributed by atoms with van der Waals surface area (Å²) in [6.07, 6.45) is 8.52. The molecule has 0 spiro atoms. The Morgan fingerprint density at radius 1 is 0.920 bits per heavy atom. The van der Waals surface area contributed by atoms with Crippen LogP contribution < -0.4 is 10.6 Å². The Balaban J connectivity index is 0.000000165. The maximum atomic E-state index is 4.31. The first-order valence-corrected chi connectivity index (χ1v) is 10.9. The first kappa shape index (κ1) is 19.7. The van der Waals surface area contributed by atoms with Crippen LogP contribution in [0.3, 0.4) is 0 Å². The number of pyridine rings is 2. The molecule has 0 radical (unpaired) electrons. The van der Waals surface area contributed by atoms with E-state index in [4.69, 9.17) is 0 Å². The minimum atomic E-state index is 0.581. The molecule has 0 saturated heterocycles. The number of anilines is 2. The Bertz CT molecular complexity index is 647. The molecule has 2 aliphatic rings. The van der Waals surface area contributed by atoms with Gasteiger partial charge in [-0.05, 0) is 62.5 Å². The summed E-state index contributed by atoms with van der Waals surface area (Å²) in [4.78, 5) is 8.57. The van der Waals surface area contributed by atoms with Gasteiger partial charge in [-0.25, -0.2) is 9.97 Å². The van der Waals surface area contributed by atoms with E-state index >= 15 is 0 Å². The number of aryl methyl sites for hydroxylation is 2. The molecule has 3 unspecified atom stereocenters. The quantitative estimate of drug-likeness (QED) is 0.710. The molecule has 2 aromatic rings. The lowest BCUT2D eigenvalue weighted by molar-refractivity contribution is 0.674. The fraction of sp³-hybridized carbons (Fsp3) is 0.500. The molecular formula is C20H31N4P. The molecule has 2 aliphatic heterocycles. The fourth-order valence-electron chi connectivity index (χ4n) is 2.97. The van der Waals surface area contributed by atoms with E-state index in [0.29, 0.717) is 11.8 Å². The van der Waals surface area contributed by atoms with Gasteiger partial charge in [0.1, 0.15) is 11.6 Å². The van der Waals surface area contributed by atoms with Gasteiger partial charge in [-0.1, -0.05) is 26.0 Å². The van der Waals surface area contributed by atoms with Crippen LogP contribution in [-0.2, 0) is 12.8 Å². The normalized spacial score (nSPS) is 20.6. The minimum absolute atomic E-state index is 0.581. The molecule has 3 atom stereocenters. The highest BCUT2D eigenvalue weighted by Crippen LogP contribution is 2.28. The molecule has 4 heterocycles. The number of rotatable bonds is 1. The van der Waals surface area contributed by atoms with Crippen molar-refractivity contribution in [1.29, 1.82) is 0 Å². The highest BCUT2D eigenvalue weighted by atomic mass is 31.1. The Morgan fingerprint density at radius 2 is 1.48 bits per heavy atom. The first-order chi connectivity index (χ1) is 12.3. The van der Waals surface area contributed by atoms with Crippen molar-refractivity contribution in [2.45, 2.75) is 58.3 Å². The molecule has 25 heavy (non-hydrogen) atoms. The Morgan fingerprint density at radius 3 is 2.08 bits per heavy atom. The lowest BCUT2D eigenvalue weighted by atomic mass is 10.0. The standard InChI is InChI=1S/C9H13N2P.C9H12N2.C2H6/c1-12-8-5-4-7-3-2-6-10-9(7)11-8;1-7-4-5-8-3-2-6-10-9(8)11-7;1-2/h2-3,6,8,12H,4-5H2,1H3,(H,10,11);2-3,6-7H,4-5H2,1H3,(H,10,11);1-2H3. The van der Waals surface area contributed by atoms with Gasteiger partial charge in [-0.15, -0.1) is 8.58 Å². The molecule has 0 aliphatic carbocycles. The summed E-state index contributed by atoms with van der Waals surface area (Å²) < 4.78 is 0. The predicted octanol–water partition coefficient (Wildman–Crippen LogP) is 4.93. The summed E-state index contributed by atoms with van der Waals surface area (Å²) in [6, 6.07) is 8.88. The van der Waals surface area contributed by atoms with Crippen LogP contribution in [0.1, 0.15) is 44.7 Å². The van der Waals surface area contributed by atoms with Gasteiger partial charge >= 0.3 is 0 Å². The lowest BCUT2D eigenvalue weighted by Crippen LogP contribution is -2.22. The summed E-state index contributed by atoms with van der Waals surface area (Å²) in [7, 11) is 0.968. The van der Waals surface area contributed by atoms with Crippen molar-refractivity contribution < 1.29 is 0 Å². The van der Waals surface area contributed by atoms with Gasteiger partial charge in [0, 0.05) is 24.2 Å². The van der Waals surface area contributed by atoms with E-state index in [1.54, 1.807) is 0 Å². The molecule has 0 saturated carbocycles. The number of nitrogens with zero attached hydrogens (tertiary/aromatic N) is 2. The van der Waals surface area contributed by atoms with Gasteiger partial charge in [0.15, 0.2) is 0 Å². The highest BCUT2D eigenvalue weighted by Gasteiger charge is 2.15. The Hall–Kier alpha value is -1.67. The topological polar surface area (TPSA) is 49.8 Å². The molecule has 4 nitrogen and oxygen atoms in total. The monoisotopic (exact) mass is 358 g/mol. The summed E-state index contributed by atoms with van der Waals surface area (Å²) in [5.74, 6) is 2.83. The molecule has 2 N–H and O–H groups in total. The molecular weight excluding hydrogens is 327 g/mol. The van der Waals surface area contributed by atoms with E-state index in [9.17, 15) is 0 Å². The predicted molar refractivity (Wildman–Crippen MR) is 111 cm³/mol. The molecule has 4 rings (SSSR count). The Kier molecular flexibility index (Phi) is 8.14. The summed E-state index contributed by atoms with van der Waals surface area (Å²) in [5, 5.41) is 6.80. The SMILES string of the molecule is CC.CC1CCc2cccnc2N1.CPC1CCc2cccnc2N1. The van der Waals surface area contributed by atoms with E-state index in [-0.39, 0.29) is 0 Å². The average Bonchev–Trinajstić information content (AvgIpc) is 2.69. The van der Waals surface area contributed by atoms with Crippen LogP contribution in [0.2, 0.25) is 0 Å². The van der Waals surface area contributed by atoms with E-state index in [0.717, 1.165) is 26.6 Å². The van der Waals surface area contributed by atoms with Crippen molar-refractivity contribution in [2.75, 3.05) is 17.3 Å². The molecule has 2 aromatic heterocycles. The van der Waals surface area contributed by atoms with Gasteiger partial charge < -0.3 is 10.6 Å². The number of hydrogen-bond donors (Lipinski definition) is 2. The maximum Gasteiger partial charge on any atom is 0.129 e. The van der Waals surface area contributed by atoms with Crippen molar-refractivity contribution >= 4 is 20.2 Å². The van der Waals surface area contributed by atoms with E-state index in [1.807, 2.05) is 38.4 Å². The zero-order chi connectivity index (χ0) is 18.1. The molecule has 0 amide bonds. The lowest BCUT2D eigenvalue weighted by Gasteiger charge is -2.24. The smallest absolute Gasteiger partial charge is 0.129 e. The van der Waals surface area contributed by atoms with Gasteiger partial charge in [0.25, 0.3) is 0 Å². The molecule has 0 fully saturated rings. The van der Waals surface area contributed by atoms with Crippen LogP contribution in [-0.4, -0.2) is 28.5 Å². The molecule has 136 valence electrons. The third kappa shape index (κ3) is 5.67. The molecule has 5 heteroatoms. The van der Waals surface area contributed by atoms with Crippen molar-refractivity contribution in [3.8, 4) is 0 Å². The summed E-state index contributed by atoms with van der Waals surface area (Å²) in [6.45, 7) is 8.43. The highest BCUT2D eigenvalue weighted by molar-refractivity contribution is 7.38. The molecule has 0 bridgehead atoms. The van der Waals surface area contributed by atoms with Gasteiger partial charge in [-0.3, -0.25) is 0 Å². The Labute approximate surface area is 154 Å². The number of fused-ring (bicyclic) bond motifs is 2. The third-order valence-electron chi connectivity index (χ3n) is 4.37. The second kappa shape index (κ2) is 10.4. The second-order valence-electron chi connectivity index (χ2n) is 6.13. The van der Waals surface area contributed by atoms with Crippen LogP contribution >= 0.6 is 8.58 Å². The van der Waals surface area contributed by atoms with Crippen LogP contribution in [0.5, 0.6) is 0 Å². The number of aromatic nitrogens is 2. The fourth-order valence-corrected chi connectivity index (χ4v) is 3.69. The number of hydrogen-bond acceptors (Lipinski definition) is 4. The third-order valence-corrected chi connectivity index (χ3v) is 5.50. The second-order valence-corrected chi connectivity index (χ2v) is 7.40. The van der Waals surface area contributed by atoms with E-state index in [1.165, 1.54) is 30.4 Å². The maximum absolute atomic E-state index is 4.31. The van der Waals surface area contributed by atoms with Crippen LogP contribution in [0.4, 0.5) is 11.6 Å². The van der Waals surface area contributed by atoms with Crippen LogP contribution in [0.25, 0.3) is 0 Å². The number of nitrogens with one attached hydrogen (secondary N) is 2. The zero-order valence-corrected chi connectivity index (χ0v) is 16.8. The van der Waals surface area contributed by atoms with Crippen molar-refractivity contribution in [1.82, 2.24) is 9.97 Å². The van der Waals surface area contributed by atoms with Crippen LogP contribution in [0, 0.1) is 0 Å². The van der Waals surface area contributed by atoms with Crippen LogP contribution in [0.15, 0.2) is 36.7 Å². The van der Waals surface area contributed by atoms with E-state index in [2.05, 4.69) is 46.3 Å².